The van der Waals surface area contributed by atoms with Gasteiger partial charge < -0.3 is 9.84 Å². The average Bonchev–Trinajstić information content (AvgIpc) is 2.09. The van der Waals surface area contributed by atoms with E-state index in [-0.39, 0.29) is 11.7 Å². The van der Waals surface area contributed by atoms with Crippen LogP contribution in [0.15, 0.2) is 12.7 Å². The van der Waals surface area contributed by atoms with Crippen LogP contribution in [0.25, 0.3) is 0 Å². The molecule has 0 bridgehead atoms. The lowest BCUT2D eigenvalue weighted by Gasteiger charge is -2.32. The summed E-state index contributed by atoms with van der Waals surface area (Å²) in [6.45, 7) is 3.55. The van der Waals surface area contributed by atoms with Crippen molar-refractivity contribution < 1.29 is 13.9 Å². The van der Waals surface area contributed by atoms with Gasteiger partial charge in [0.25, 0.3) is 0 Å². The number of rotatable bonds is 5. The van der Waals surface area contributed by atoms with Crippen molar-refractivity contribution in [2.45, 2.75) is 18.6 Å². The molecule has 0 aromatic rings. The maximum atomic E-state index is 12.0. The number of carbonyl (C=O) groups excluding carboxylic acids is 1. The molecule has 0 radical (unpaired) electrons. The first-order chi connectivity index (χ1) is 6.12. The Morgan fingerprint density at radius 1 is 1.85 bits per heavy atom. The summed E-state index contributed by atoms with van der Waals surface area (Å²) in [5.74, 6) is -0.328. The predicted molar refractivity (Wildman–Crippen MR) is 50.8 cm³/mol. The number of carbonyl (C=O) groups is 1. The number of hydrogen-bond donors (Lipinski definition) is 1. The summed E-state index contributed by atoms with van der Waals surface area (Å²) in [4.78, 5) is 10.6. The largest absolute Gasteiger partial charge is 0.344 e. The predicted octanol–water partition coefficient (Wildman–Crippen LogP) is 1.33. The van der Waals surface area contributed by atoms with Crippen molar-refractivity contribution in [1.29, 1.82) is 0 Å². The van der Waals surface area contributed by atoms with Gasteiger partial charge in [-0.2, -0.15) is 0 Å². The lowest BCUT2D eigenvalue weighted by atomic mass is 10.3. The molecule has 1 fully saturated rings. The molecule has 74 valence electrons. The summed E-state index contributed by atoms with van der Waals surface area (Å²) in [5, 5.41) is 2.58. The molecular formula is C8H14NO3P. The van der Waals surface area contributed by atoms with Gasteiger partial charge in [-0.3, -0.25) is 9.36 Å². The van der Waals surface area contributed by atoms with E-state index in [2.05, 4.69) is 11.9 Å². The Labute approximate surface area is 77.8 Å². The fraction of sp³-hybridized carbons (Fsp3) is 0.625. The molecule has 5 heteroatoms. The van der Waals surface area contributed by atoms with Crippen LogP contribution in [-0.2, 0) is 13.9 Å². The van der Waals surface area contributed by atoms with Crippen LogP contribution in [0.4, 0.5) is 0 Å². The normalized spacial score (nSPS) is 25.6. The number of β-lactam (4-membered cyclic amide) rings is 1. The van der Waals surface area contributed by atoms with Crippen molar-refractivity contribution in [3.8, 4) is 0 Å². The van der Waals surface area contributed by atoms with E-state index >= 15 is 0 Å². The van der Waals surface area contributed by atoms with Gasteiger partial charge in [0, 0.05) is 13.3 Å². The molecule has 1 heterocycles. The Morgan fingerprint density at radius 3 is 2.85 bits per heavy atom. The molecule has 2 unspecified atom stereocenters. The van der Waals surface area contributed by atoms with E-state index < -0.39 is 7.37 Å². The van der Waals surface area contributed by atoms with Crippen molar-refractivity contribution in [3.63, 3.8) is 0 Å². The zero-order valence-electron chi connectivity index (χ0n) is 7.66. The molecular weight excluding hydrogens is 189 g/mol. The van der Waals surface area contributed by atoms with E-state index in [0.29, 0.717) is 19.0 Å². The molecule has 2 atom stereocenters. The maximum Gasteiger partial charge on any atom is 0.225 e. The third-order valence-electron chi connectivity index (χ3n) is 2.14. The minimum atomic E-state index is -2.66. The number of amides is 1. The van der Waals surface area contributed by atoms with Crippen LogP contribution >= 0.6 is 7.37 Å². The number of nitrogens with one attached hydrogen (secondary N) is 1. The van der Waals surface area contributed by atoms with E-state index in [1.54, 1.807) is 6.08 Å². The molecule has 4 nitrogen and oxygen atoms in total. The van der Waals surface area contributed by atoms with Gasteiger partial charge in [0.15, 0.2) is 0 Å². The van der Waals surface area contributed by atoms with Crippen LogP contribution in [0, 0.1) is 0 Å². The van der Waals surface area contributed by atoms with Gasteiger partial charge in [-0.15, -0.1) is 6.58 Å². The third-order valence-corrected chi connectivity index (χ3v) is 4.90. The average molecular weight is 203 g/mol. The highest BCUT2D eigenvalue weighted by atomic mass is 31.2. The van der Waals surface area contributed by atoms with E-state index in [1.807, 2.05) is 0 Å². The van der Waals surface area contributed by atoms with Gasteiger partial charge in [0.1, 0.15) is 5.78 Å². The van der Waals surface area contributed by atoms with Gasteiger partial charge in [0.05, 0.1) is 6.42 Å². The first-order valence-electron chi connectivity index (χ1n) is 4.17. The molecule has 0 aliphatic carbocycles. The van der Waals surface area contributed by atoms with Gasteiger partial charge in [-0.25, -0.2) is 0 Å². The summed E-state index contributed by atoms with van der Waals surface area (Å²) >= 11 is 0. The molecule has 0 saturated carbocycles. The Bertz CT molecular complexity index is 256. The first kappa shape index (κ1) is 10.5. The second kappa shape index (κ2) is 4.07. The van der Waals surface area contributed by atoms with Crippen molar-refractivity contribution in [2.75, 3.05) is 13.3 Å². The summed E-state index contributed by atoms with van der Waals surface area (Å²) in [6, 6.07) is 0. The highest BCUT2D eigenvalue weighted by molar-refractivity contribution is 7.59. The second-order valence-electron chi connectivity index (χ2n) is 3.00. The standard InChI is InChI=1S/C8H14NO3P/c1-3-4-5-13(11,12-2)8-6-7(10)9-8/h3,8H,1,4-6H2,2H3,(H,9,10). The first-order valence-corrected chi connectivity index (χ1v) is 6.05. The summed E-state index contributed by atoms with van der Waals surface area (Å²) in [5.41, 5.74) is 0. The van der Waals surface area contributed by atoms with E-state index in [1.165, 1.54) is 7.11 Å². The second-order valence-corrected chi connectivity index (χ2v) is 5.89. The van der Waals surface area contributed by atoms with Crippen molar-refractivity contribution in [3.05, 3.63) is 12.7 Å². The van der Waals surface area contributed by atoms with Crippen LogP contribution in [0.1, 0.15) is 12.8 Å². The molecule has 1 saturated heterocycles. The molecule has 0 aromatic heterocycles. The van der Waals surface area contributed by atoms with Crippen molar-refractivity contribution in [2.24, 2.45) is 0 Å². The summed E-state index contributed by atoms with van der Waals surface area (Å²) in [6.07, 6.45) is 3.13. The van der Waals surface area contributed by atoms with E-state index in [4.69, 9.17) is 4.52 Å². The smallest absolute Gasteiger partial charge is 0.225 e. The van der Waals surface area contributed by atoms with Gasteiger partial charge in [0.2, 0.25) is 13.3 Å². The monoisotopic (exact) mass is 203 g/mol. The molecule has 1 aliphatic heterocycles. The van der Waals surface area contributed by atoms with Crippen LogP contribution in [0.2, 0.25) is 0 Å². The fourth-order valence-corrected chi connectivity index (χ4v) is 3.30. The maximum absolute atomic E-state index is 12.0. The molecule has 13 heavy (non-hydrogen) atoms. The van der Waals surface area contributed by atoms with Gasteiger partial charge in [-0.1, -0.05) is 6.08 Å². The van der Waals surface area contributed by atoms with Crippen LogP contribution in [0.3, 0.4) is 0 Å². The van der Waals surface area contributed by atoms with Crippen molar-refractivity contribution >= 4 is 13.3 Å². The van der Waals surface area contributed by atoms with Gasteiger partial charge >= 0.3 is 0 Å². The highest BCUT2D eigenvalue weighted by Crippen LogP contribution is 2.53. The summed E-state index contributed by atoms with van der Waals surface area (Å²) < 4.78 is 17.0. The minimum Gasteiger partial charge on any atom is -0.344 e. The quantitative estimate of drug-likeness (QED) is 0.416. The SMILES string of the molecule is C=CCCP(=O)(OC)C1CC(=O)N1. The zero-order chi connectivity index (χ0) is 9.90. The topological polar surface area (TPSA) is 55.4 Å². The van der Waals surface area contributed by atoms with E-state index in [9.17, 15) is 9.36 Å². The van der Waals surface area contributed by atoms with Gasteiger partial charge in [-0.05, 0) is 6.42 Å². The zero-order valence-corrected chi connectivity index (χ0v) is 8.55. The highest BCUT2D eigenvalue weighted by Gasteiger charge is 2.41. The Hall–Kier alpha value is -0.600. The number of allylic oxidation sites excluding steroid dienone is 1. The van der Waals surface area contributed by atoms with Crippen LogP contribution < -0.4 is 5.32 Å². The molecule has 0 aromatic carbocycles. The van der Waals surface area contributed by atoms with Crippen molar-refractivity contribution in [1.82, 2.24) is 5.32 Å². The van der Waals surface area contributed by atoms with Crippen LogP contribution in [0.5, 0.6) is 0 Å². The Balaban J connectivity index is 2.53. The molecule has 1 amide bonds. The molecule has 1 rings (SSSR count). The Morgan fingerprint density at radius 2 is 2.46 bits per heavy atom. The summed E-state index contributed by atoms with van der Waals surface area (Å²) in [7, 11) is -1.24. The third kappa shape index (κ3) is 2.20. The van der Waals surface area contributed by atoms with E-state index in [0.717, 1.165) is 0 Å². The molecule has 0 spiro atoms. The molecule has 1 N–H and O–H groups in total. The lowest BCUT2D eigenvalue weighted by Crippen LogP contribution is -2.48. The minimum absolute atomic E-state index is 0.0547. The molecule has 1 aliphatic rings. The fourth-order valence-electron chi connectivity index (χ4n) is 1.22. The van der Waals surface area contributed by atoms with Crippen LogP contribution in [-0.4, -0.2) is 25.0 Å². The number of hydrogen-bond acceptors (Lipinski definition) is 3. The Kier molecular flexibility index (Phi) is 3.28. The lowest BCUT2D eigenvalue weighted by molar-refractivity contribution is -0.126.